The lowest BCUT2D eigenvalue weighted by Crippen LogP contribution is -2.30. The zero-order chi connectivity index (χ0) is 19.6. The van der Waals surface area contributed by atoms with E-state index in [4.69, 9.17) is 0 Å². The summed E-state index contributed by atoms with van der Waals surface area (Å²) in [5, 5.41) is 16.8. The van der Waals surface area contributed by atoms with Crippen LogP contribution in [0.25, 0.3) is 0 Å². The van der Waals surface area contributed by atoms with E-state index in [9.17, 15) is 14.9 Å². The minimum Gasteiger partial charge on any atom is -0.338 e. The molecule has 0 fully saturated rings. The van der Waals surface area contributed by atoms with Gasteiger partial charge in [-0.3, -0.25) is 14.3 Å². The van der Waals surface area contributed by atoms with Crippen LogP contribution in [0.3, 0.4) is 0 Å². The third-order valence-corrected chi connectivity index (χ3v) is 6.24. The predicted molar refractivity (Wildman–Crippen MR) is 105 cm³/mol. The molecular weight excluding hydrogens is 418 g/mol. The first-order valence-corrected chi connectivity index (χ1v) is 9.70. The van der Waals surface area contributed by atoms with Crippen LogP contribution in [-0.4, -0.2) is 39.6 Å². The third kappa shape index (κ3) is 3.52. The summed E-state index contributed by atoms with van der Waals surface area (Å²) in [6, 6.07) is 2.10. The van der Waals surface area contributed by atoms with Crippen LogP contribution in [0.2, 0.25) is 0 Å². The summed E-state index contributed by atoms with van der Waals surface area (Å²) in [7, 11) is 1.67. The van der Waals surface area contributed by atoms with Gasteiger partial charge in [-0.25, -0.2) is 0 Å². The number of carbonyl (C=O) groups excluding carboxylic acids is 2. The predicted octanol–water partition coefficient (Wildman–Crippen LogP) is 3.47. The van der Waals surface area contributed by atoms with Crippen molar-refractivity contribution in [1.29, 1.82) is 5.26 Å². The Morgan fingerprint density at radius 2 is 1.96 bits per heavy atom. The Bertz CT molecular complexity index is 905. The molecule has 0 spiro atoms. The van der Waals surface area contributed by atoms with Gasteiger partial charge >= 0.3 is 0 Å². The van der Waals surface area contributed by atoms with E-state index in [-0.39, 0.29) is 11.8 Å². The van der Waals surface area contributed by atoms with E-state index < -0.39 is 0 Å². The number of anilines is 1. The van der Waals surface area contributed by atoms with Gasteiger partial charge in [0.1, 0.15) is 16.8 Å². The van der Waals surface area contributed by atoms with Gasteiger partial charge in [-0.1, -0.05) is 0 Å². The summed E-state index contributed by atoms with van der Waals surface area (Å²) in [6.45, 7) is 8.49. The second-order valence-corrected chi connectivity index (χ2v) is 7.49. The molecule has 138 valence electrons. The number of nitriles is 1. The van der Waals surface area contributed by atoms with Crippen molar-refractivity contribution >= 4 is 44.1 Å². The number of hydrogen-bond acceptors (Lipinski definition) is 5. The van der Waals surface area contributed by atoms with E-state index in [0.717, 1.165) is 11.3 Å². The Hall–Kier alpha value is -2.18. The molecule has 0 aromatic carbocycles. The average Bonchev–Trinajstić information content (AvgIpc) is 3.04. The van der Waals surface area contributed by atoms with Crippen molar-refractivity contribution in [3.05, 3.63) is 31.9 Å². The molecule has 2 aromatic heterocycles. The number of nitrogens with zero attached hydrogens (tertiary/aromatic N) is 4. The fourth-order valence-corrected chi connectivity index (χ4v) is 4.27. The molecule has 9 heteroatoms. The van der Waals surface area contributed by atoms with Gasteiger partial charge in [0, 0.05) is 20.1 Å². The topological polar surface area (TPSA) is 91.0 Å². The molecule has 2 aromatic rings. The first-order chi connectivity index (χ1) is 12.3. The normalized spacial score (nSPS) is 10.5. The molecule has 0 aliphatic rings. The number of aryl methyl sites for hydroxylation is 2. The summed E-state index contributed by atoms with van der Waals surface area (Å²) >= 11 is 4.49. The molecule has 2 rings (SSSR count). The summed E-state index contributed by atoms with van der Waals surface area (Å²) < 4.78 is 2.08. The molecule has 0 saturated carbocycles. The smallest absolute Gasteiger partial charge is 0.275 e. The summed E-state index contributed by atoms with van der Waals surface area (Å²) in [5.41, 5.74) is 1.95. The maximum absolute atomic E-state index is 12.7. The Kier molecular flexibility index (Phi) is 6.21. The number of halogens is 1. The molecule has 0 radical (unpaired) electrons. The van der Waals surface area contributed by atoms with Crippen molar-refractivity contribution in [3.63, 3.8) is 0 Å². The highest BCUT2D eigenvalue weighted by Crippen LogP contribution is 2.34. The van der Waals surface area contributed by atoms with Crippen LogP contribution >= 0.6 is 27.3 Å². The zero-order valence-corrected chi connectivity index (χ0v) is 17.7. The van der Waals surface area contributed by atoms with Gasteiger partial charge in [0.05, 0.1) is 20.6 Å². The van der Waals surface area contributed by atoms with E-state index >= 15 is 0 Å². The molecular formula is C17H20BrN5O2S. The third-order valence-electron chi connectivity index (χ3n) is 4.09. The number of thiophene rings is 1. The molecule has 0 unspecified atom stereocenters. The molecule has 2 heterocycles. The lowest BCUT2D eigenvalue weighted by atomic mass is 10.1. The summed E-state index contributed by atoms with van der Waals surface area (Å²) in [6.07, 6.45) is 0. The largest absolute Gasteiger partial charge is 0.338 e. The second-order valence-electron chi connectivity index (χ2n) is 5.68. The van der Waals surface area contributed by atoms with Crippen LogP contribution in [0, 0.1) is 25.2 Å². The number of nitrogens with one attached hydrogen (secondary N) is 1. The van der Waals surface area contributed by atoms with Gasteiger partial charge in [0.15, 0.2) is 0 Å². The second kappa shape index (κ2) is 8.01. The number of carbonyl (C=O) groups is 2. The van der Waals surface area contributed by atoms with Crippen molar-refractivity contribution in [2.75, 3.05) is 18.4 Å². The van der Waals surface area contributed by atoms with E-state index in [0.29, 0.717) is 50.0 Å². The fraction of sp³-hybridized carbons (Fsp3) is 0.412. The molecule has 7 nitrogen and oxygen atoms in total. The van der Waals surface area contributed by atoms with E-state index in [1.165, 1.54) is 4.68 Å². The van der Waals surface area contributed by atoms with E-state index in [1.54, 1.807) is 25.8 Å². The Balaban J connectivity index is 2.42. The molecule has 0 aliphatic heterocycles. The molecule has 0 aliphatic carbocycles. The van der Waals surface area contributed by atoms with Gasteiger partial charge in [0.2, 0.25) is 0 Å². The first-order valence-electron chi connectivity index (χ1n) is 8.09. The van der Waals surface area contributed by atoms with Gasteiger partial charge in [-0.05, 0) is 49.2 Å². The van der Waals surface area contributed by atoms with Crippen molar-refractivity contribution in [2.45, 2.75) is 27.7 Å². The van der Waals surface area contributed by atoms with Crippen molar-refractivity contribution in [1.82, 2.24) is 14.7 Å². The van der Waals surface area contributed by atoms with Crippen LogP contribution in [-0.2, 0) is 7.05 Å². The lowest BCUT2D eigenvalue weighted by Gasteiger charge is -2.17. The fourth-order valence-electron chi connectivity index (χ4n) is 2.64. The molecule has 1 N–H and O–H groups in total. The van der Waals surface area contributed by atoms with Crippen molar-refractivity contribution < 1.29 is 9.59 Å². The Labute approximate surface area is 164 Å². The number of aromatic nitrogens is 2. The lowest BCUT2D eigenvalue weighted by molar-refractivity contribution is 0.0777. The summed E-state index contributed by atoms with van der Waals surface area (Å²) in [4.78, 5) is 27.5. The van der Waals surface area contributed by atoms with E-state index in [1.807, 2.05) is 13.8 Å². The van der Waals surface area contributed by atoms with Crippen molar-refractivity contribution in [3.8, 4) is 6.07 Å². The standard InChI is InChI=1S/C17H20BrN5O2S/c1-6-23(7-2)17(25)14-9(3)11(8-19)16(26-14)20-15(24)13-12(18)10(4)21-22(13)5/h6-7H2,1-5H3,(H,20,24). The zero-order valence-electron chi connectivity index (χ0n) is 15.3. The molecule has 0 saturated heterocycles. The van der Waals surface area contributed by atoms with Gasteiger partial charge in [-0.2, -0.15) is 10.4 Å². The van der Waals surface area contributed by atoms with Crippen molar-refractivity contribution in [2.24, 2.45) is 7.05 Å². The van der Waals surface area contributed by atoms with Crippen LogP contribution in [0.4, 0.5) is 5.00 Å². The maximum atomic E-state index is 12.7. The average molecular weight is 438 g/mol. The van der Waals surface area contributed by atoms with Crippen LogP contribution in [0.1, 0.15) is 50.8 Å². The van der Waals surface area contributed by atoms with Crippen LogP contribution in [0.5, 0.6) is 0 Å². The minimum absolute atomic E-state index is 0.132. The van der Waals surface area contributed by atoms with Crippen LogP contribution in [0.15, 0.2) is 4.47 Å². The molecule has 26 heavy (non-hydrogen) atoms. The Morgan fingerprint density at radius 3 is 2.42 bits per heavy atom. The summed E-state index contributed by atoms with van der Waals surface area (Å²) in [5.74, 6) is -0.522. The highest BCUT2D eigenvalue weighted by Gasteiger charge is 2.26. The number of hydrogen-bond donors (Lipinski definition) is 1. The van der Waals surface area contributed by atoms with Crippen LogP contribution < -0.4 is 5.32 Å². The SMILES string of the molecule is CCN(CC)C(=O)c1sc(NC(=O)c2c(Br)c(C)nn2C)c(C#N)c1C. The maximum Gasteiger partial charge on any atom is 0.275 e. The van der Waals surface area contributed by atoms with Gasteiger partial charge in [-0.15, -0.1) is 11.3 Å². The Morgan fingerprint density at radius 1 is 1.35 bits per heavy atom. The monoisotopic (exact) mass is 437 g/mol. The first kappa shape index (κ1) is 20.1. The van der Waals surface area contributed by atoms with Gasteiger partial charge in [0.25, 0.3) is 11.8 Å². The minimum atomic E-state index is -0.389. The quantitative estimate of drug-likeness (QED) is 0.774. The highest BCUT2D eigenvalue weighted by molar-refractivity contribution is 9.10. The highest BCUT2D eigenvalue weighted by atomic mass is 79.9. The molecule has 0 atom stereocenters. The number of rotatable bonds is 5. The number of amides is 2. The van der Waals surface area contributed by atoms with Gasteiger partial charge < -0.3 is 10.2 Å². The molecule has 0 bridgehead atoms. The molecule has 2 amide bonds. The van der Waals surface area contributed by atoms with E-state index in [2.05, 4.69) is 32.4 Å².